The number of rotatable bonds is 5. The number of carbonyl (C=O) groups is 1. The van der Waals surface area contributed by atoms with Crippen LogP contribution < -0.4 is 11.1 Å². The molecule has 0 aliphatic carbocycles. The number of ether oxygens (including phenoxy) is 1. The van der Waals surface area contributed by atoms with Gasteiger partial charge in [-0.1, -0.05) is 12.1 Å². The first-order valence-corrected chi connectivity index (χ1v) is 6.80. The van der Waals surface area contributed by atoms with Crippen molar-refractivity contribution in [3.63, 3.8) is 0 Å². The fourth-order valence-corrected chi connectivity index (χ4v) is 2.25. The first kappa shape index (κ1) is 13.6. The van der Waals surface area contributed by atoms with Gasteiger partial charge in [0.1, 0.15) is 6.61 Å². The van der Waals surface area contributed by atoms with Crippen molar-refractivity contribution >= 4 is 28.6 Å². The number of nitrogen functional groups attached to an aromatic ring is 1. The number of benzene rings is 1. The summed E-state index contributed by atoms with van der Waals surface area (Å²) in [4.78, 5) is 12.8. The summed E-state index contributed by atoms with van der Waals surface area (Å²) in [5.74, 6) is -0.176. The zero-order chi connectivity index (χ0) is 13.7. The van der Waals surface area contributed by atoms with E-state index in [-0.39, 0.29) is 12.5 Å². The average Bonchev–Trinajstić information content (AvgIpc) is 2.88. The Balaban J connectivity index is 1.82. The Morgan fingerprint density at radius 3 is 2.95 bits per heavy atom. The molecule has 0 spiro atoms. The highest BCUT2D eigenvalue weighted by Crippen LogP contribution is 2.20. The minimum Gasteiger partial charge on any atom is -0.398 e. The maximum absolute atomic E-state index is 11.7. The molecule has 3 N–H and O–H groups in total. The molecule has 5 heteroatoms. The van der Waals surface area contributed by atoms with Gasteiger partial charge in [0, 0.05) is 16.3 Å². The fraction of sp³-hybridized carbons (Fsp3) is 0.214. The number of nitrogens with one attached hydrogen (secondary N) is 1. The lowest BCUT2D eigenvalue weighted by atomic mass is 10.1. The number of anilines is 2. The van der Waals surface area contributed by atoms with Crippen LogP contribution in [0, 0.1) is 6.92 Å². The molecule has 0 atom stereocenters. The molecule has 2 rings (SSSR count). The van der Waals surface area contributed by atoms with Crippen LogP contribution in [0.1, 0.15) is 10.4 Å². The predicted molar refractivity (Wildman–Crippen MR) is 78.2 cm³/mol. The van der Waals surface area contributed by atoms with Gasteiger partial charge in [-0.05, 0) is 36.1 Å². The third kappa shape index (κ3) is 3.81. The van der Waals surface area contributed by atoms with Gasteiger partial charge in [-0.3, -0.25) is 4.79 Å². The molecule has 19 heavy (non-hydrogen) atoms. The van der Waals surface area contributed by atoms with Crippen LogP contribution in [0.3, 0.4) is 0 Å². The molecule has 0 fully saturated rings. The summed E-state index contributed by atoms with van der Waals surface area (Å²) in [5.41, 5.74) is 8.04. The Kier molecular flexibility index (Phi) is 4.54. The summed E-state index contributed by atoms with van der Waals surface area (Å²) in [5, 5.41) is 4.77. The molecular formula is C14H16N2O2S. The van der Waals surface area contributed by atoms with Crippen molar-refractivity contribution in [1.29, 1.82) is 0 Å². The van der Waals surface area contributed by atoms with E-state index in [9.17, 15) is 4.79 Å². The van der Waals surface area contributed by atoms with Gasteiger partial charge >= 0.3 is 0 Å². The number of hydrogen-bond donors (Lipinski definition) is 2. The molecular weight excluding hydrogens is 260 g/mol. The summed E-state index contributed by atoms with van der Waals surface area (Å²) in [6, 6.07) is 9.37. The zero-order valence-corrected chi connectivity index (χ0v) is 11.5. The molecule has 0 saturated carbocycles. The summed E-state index contributed by atoms with van der Waals surface area (Å²) in [6.07, 6.45) is 0. The molecule has 0 saturated heterocycles. The molecule has 2 aromatic rings. The molecule has 0 unspecified atom stereocenters. The molecule has 1 amide bonds. The van der Waals surface area contributed by atoms with Gasteiger partial charge in [-0.25, -0.2) is 0 Å². The predicted octanol–water partition coefficient (Wildman–Crippen LogP) is 2.79. The van der Waals surface area contributed by atoms with E-state index in [0.717, 1.165) is 16.1 Å². The maximum atomic E-state index is 11.7. The standard InChI is InChI=1S/C14H16N2O2S/c1-10-12(15)5-2-6-13(10)16-14(17)9-18-8-11-4-3-7-19-11/h2-7H,8-9,15H2,1H3,(H,16,17). The van der Waals surface area contributed by atoms with Crippen LogP contribution in [0.25, 0.3) is 0 Å². The maximum Gasteiger partial charge on any atom is 0.250 e. The molecule has 1 aromatic heterocycles. The second kappa shape index (κ2) is 6.36. The Morgan fingerprint density at radius 1 is 1.37 bits per heavy atom. The van der Waals surface area contributed by atoms with Gasteiger partial charge in [0.25, 0.3) is 0 Å². The van der Waals surface area contributed by atoms with Gasteiger partial charge in [0.05, 0.1) is 6.61 Å². The van der Waals surface area contributed by atoms with Crippen LogP contribution in [0.4, 0.5) is 11.4 Å². The Bertz CT molecular complexity index is 553. The van der Waals surface area contributed by atoms with Crippen LogP contribution in [-0.4, -0.2) is 12.5 Å². The molecule has 0 radical (unpaired) electrons. The monoisotopic (exact) mass is 276 g/mol. The summed E-state index contributed by atoms with van der Waals surface area (Å²) >= 11 is 1.61. The third-order valence-electron chi connectivity index (χ3n) is 2.71. The number of thiophene rings is 1. The quantitative estimate of drug-likeness (QED) is 0.825. The molecule has 1 aromatic carbocycles. The second-order valence-electron chi connectivity index (χ2n) is 4.14. The van der Waals surface area contributed by atoms with E-state index in [1.807, 2.05) is 36.6 Å². The van der Waals surface area contributed by atoms with E-state index in [4.69, 9.17) is 10.5 Å². The Labute approximate surface area is 116 Å². The van der Waals surface area contributed by atoms with E-state index < -0.39 is 0 Å². The fourth-order valence-electron chi connectivity index (χ4n) is 1.61. The number of amides is 1. The van der Waals surface area contributed by atoms with E-state index in [0.29, 0.717) is 12.3 Å². The number of carbonyl (C=O) groups excluding carboxylic acids is 1. The Morgan fingerprint density at radius 2 is 2.21 bits per heavy atom. The Hall–Kier alpha value is -1.85. The lowest BCUT2D eigenvalue weighted by Crippen LogP contribution is -2.18. The molecule has 0 aliphatic heterocycles. The first-order chi connectivity index (χ1) is 9.16. The van der Waals surface area contributed by atoms with Crippen molar-refractivity contribution in [2.24, 2.45) is 0 Å². The smallest absolute Gasteiger partial charge is 0.250 e. The SMILES string of the molecule is Cc1c(N)cccc1NC(=O)COCc1cccs1. The normalized spacial score (nSPS) is 10.4. The van der Waals surface area contributed by atoms with Gasteiger partial charge < -0.3 is 15.8 Å². The van der Waals surface area contributed by atoms with Crippen LogP contribution in [-0.2, 0) is 16.1 Å². The minimum atomic E-state index is -0.176. The molecule has 4 nitrogen and oxygen atoms in total. The van der Waals surface area contributed by atoms with Crippen molar-refractivity contribution in [2.75, 3.05) is 17.7 Å². The number of nitrogens with two attached hydrogens (primary N) is 1. The highest BCUT2D eigenvalue weighted by molar-refractivity contribution is 7.09. The van der Waals surface area contributed by atoms with E-state index in [1.165, 1.54) is 0 Å². The molecule has 1 heterocycles. The van der Waals surface area contributed by atoms with Crippen molar-refractivity contribution in [2.45, 2.75) is 13.5 Å². The van der Waals surface area contributed by atoms with Gasteiger partial charge in [0.15, 0.2) is 0 Å². The van der Waals surface area contributed by atoms with E-state index >= 15 is 0 Å². The van der Waals surface area contributed by atoms with Crippen LogP contribution in [0.5, 0.6) is 0 Å². The van der Waals surface area contributed by atoms with Crippen LogP contribution in [0.15, 0.2) is 35.7 Å². The van der Waals surface area contributed by atoms with Crippen LogP contribution in [0.2, 0.25) is 0 Å². The largest absolute Gasteiger partial charge is 0.398 e. The molecule has 100 valence electrons. The minimum absolute atomic E-state index is 0.0339. The molecule has 0 aliphatic rings. The highest BCUT2D eigenvalue weighted by Gasteiger charge is 2.06. The van der Waals surface area contributed by atoms with E-state index in [2.05, 4.69) is 5.32 Å². The van der Waals surface area contributed by atoms with Crippen molar-refractivity contribution in [3.05, 3.63) is 46.2 Å². The topological polar surface area (TPSA) is 64.3 Å². The van der Waals surface area contributed by atoms with Crippen LogP contribution >= 0.6 is 11.3 Å². The average molecular weight is 276 g/mol. The van der Waals surface area contributed by atoms with Gasteiger partial charge in [0.2, 0.25) is 5.91 Å². The van der Waals surface area contributed by atoms with E-state index in [1.54, 1.807) is 17.4 Å². The highest BCUT2D eigenvalue weighted by atomic mass is 32.1. The summed E-state index contributed by atoms with van der Waals surface area (Å²) in [7, 11) is 0. The zero-order valence-electron chi connectivity index (χ0n) is 10.7. The van der Waals surface area contributed by atoms with Gasteiger partial charge in [-0.15, -0.1) is 11.3 Å². The van der Waals surface area contributed by atoms with Gasteiger partial charge in [-0.2, -0.15) is 0 Å². The molecule has 0 bridgehead atoms. The van der Waals surface area contributed by atoms with Crippen molar-refractivity contribution in [3.8, 4) is 0 Å². The van der Waals surface area contributed by atoms with Crippen molar-refractivity contribution in [1.82, 2.24) is 0 Å². The number of hydrogen-bond acceptors (Lipinski definition) is 4. The lowest BCUT2D eigenvalue weighted by molar-refractivity contribution is -0.120. The van der Waals surface area contributed by atoms with Crippen molar-refractivity contribution < 1.29 is 9.53 Å². The summed E-state index contributed by atoms with van der Waals surface area (Å²) in [6.45, 7) is 2.37. The first-order valence-electron chi connectivity index (χ1n) is 5.92. The second-order valence-corrected chi connectivity index (χ2v) is 5.17. The lowest BCUT2D eigenvalue weighted by Gasteiger charge is -2.10. The third-order valence-corrected chi connectivity index (χ3v) is 3.56. The summed E-state index contributed by atoms with van der Waals surface area (Å²) < 4.78 is 5.35.